The van der Waals surface area contributed by atoms with Crippen molar-refractivity contribution in [2.75, 3.05) is 0 Å². The first-order valence-electron chi connectivity index (χ1n) is 8.19. The first kappa shape index (κ1) is 24.4. The van der Waals surface area contributed by atoms with Crippen molar-refractivity contribution < 1.29 is 22.4 Å². The minimum absolute atomic E-state index is 0. The molecule has 0 unspecified atom stereocenters. The van der Waals surface area contributed by atoms with E-state index >= 15 is 0 Å². The standard InChI is InChI=1S/C18H15P.C4H9.C2H.Au/c1-4-10-16(11-5-1)19(17-12-6-2-7-13-17)18-14-8-3-9-15-18;1-4(2)3;1-2;/h1-15H;1-3H3;1H;/q;2*-1;. The van der Waals surface area contributed by atoms with Gasteiger partial charge in [-0.3, -0.25) is 0 Å². The van der Waals surface area contributed by atoms with E-state index in [1.165, 1.54) is 21.8 Å². The molecule has 0 aromatic heterocycles. The normalized spacial score (nSPS) is 9.19. The first-order chi connectivity index (χ1) is 12.2. The molecule has 1 radical (unpaired) electrons. The van der Waals surface area contributed by atoms with Gasteiger partial charge >= 0.3 is 0 Å². The van der Waals surface area contributed by atoms with Gasteiger partial charge in [0.1, 0.15) is 0 Å². The zero-order chi connectivity index (χ0) is 18.5. The fraction of sp³-hybridized carbons (Fsp3) is 0.125. The van der Waals surface area contributed by atoms with Gasteiger partial charge < -0.3 is 18.8 Å². The summed E-state index contributed by atoms with van der Waals surface area (Å²) < 4.78 is 0. The molecule has 0 bridgehead atoms. The van der Waals surface area contributed by atoms with Gasteiger partial charge in [0.05, 0.1) is 0 Å². The number of benzene rings is 3. The Morgan fingerprint density at radius 2 is 0.769 bits per heavy atom. The molecule has 0 spiro atoms. The average Bonchev–Trinajstić information content (AvgIpc) is 2.66. The van der Waals surface area contributed by atoms with Gasteiger partial charge in [0, 0.05) is 22.4 Å². The van der Waals surface area contributed by atoms with E-state index in [1.54, 1.807) is 0 Å². The third-order valence-corrected chi connectivity index (χ3v) is 5.49. The van der Waals surface area contributed by atoms with Crippen LogP contribution in [0.1, 0.15) is 20.8 Å². The van der Waals surface area contributed by atoms with Gasteiger partial charge in [0.25, 0.3) is 0 Å². The summed E-state index contributed by atoms with van der Waals surface area (Å²) in [6.07, 6.45) is 9.00. The van der Waals surface area contributed by atoms with Crippen LogP contribution < -0.4 is 15.9 Å². The van der Waals surface area contributed by atoms with E-state index in [0.29, 0.717) is 0 Å². The summed E-state index contributed by atoms with van der Waals surface area (Å²) in [7, 11) is -0.446. The monoisotopic (exact) mass is 541 g/mol. The van der Waals surface area contributed by atoms with Crippen LogP contribution in [0.15, 0.2) is 91.0 Å². The summed E-state index contributed by atoms with van der Waals surface area (Å²) in [6.45, 7) is 6.25. The molecule has 0 aliphatic carbocycles. The van der Waals surface area contributed by atoms with E-state index < -0.39 is 7.92 Å². The van der Waals surface area contributed by atoms with E-state index in [2.05, 4.69) is 118 Å². The summed E-state index contributed by atoms with van der Waals surface area (Å²) in [5.74, 6) is 1.42. The van der Waals surface area contributed by atoms with Crippen LogP contribution in [0.5, 0.6) is 0 Å². The van der Waals surface area contributed by atoms with Crippen molar-refractivity contribution in [3.63, 3.8) is 0 Å². The Morgan fingerprint density at radius 3 is 0.962 bits per heavy atom. The van der Waals surface area contributed by atoms with Gasteiger partial charge in [-0.2, -0.15) is 20.8 Å². The smallest absolute Gasteiger partial charge is 0 e. The number of rotatable bonds is 3. The van der Waals surface area contributed by atoms with Crippen molar-refractivity contribution in [2.24, 2.45) is 0 Å². The van der Waals surface area contributed by atoms with Crippen molar-refractivity contribution in [1.82, 2.24) is 0 Å². The van der Waals surface area contributed by atoms with Crippen molar-refractivity contribution >= 4 is 23.8 Å². The predicted molar refractivity (Wildman–Crippen MR) is 114 cm³/mol. The van der Waals surface area contributed by atoms with Crippen LogP contribution >= 0.6 is 7.92 Å². The Bertz CT molecular complexity index is 610. The van der Waals surface area contributed by atoms with Gasteiger partial charge in [-0.15, -0.1) is 0 Å². The van der Waals surface area contributed by atoms with Crippen molar-refractivity contribution in [2.45, 2.75) is 20.8 Å². The van der Waals surface area contributed by atoms with Crippen LogP contribution in [0.25, 0.3) is 0 Å². The zero-order valence-electron chi connectivity index (χ0n) is 15.5. The third-order valence-electron chi connectivity index (χ3n) is 3.04. The van der Waals surface area contributed by atoms with Crippen molar-refractivity contribution in [3.8, 4) is 6.42 Å². The van der Waals surface area contributed by atoms with E-state index in [1.807, 2.05) is 0 Å². The molecule has 0 saturated carbocycles. The van der Waals surface area contributed by atoms with Crippen LogP contribution in [0, 0.1) is 18.8 Å². The molecule has 0 saturated heterocycles. The van der Waals surface area contributed by atoms with Gasteiger partial charge in [0.2, 0.25) is 0 Å². The minimum Gasteiger partial charge on any atom is -0.697 e. The first-order valence-corrected chi connectivity index (χ1v) is 9.53. The quantitative estimate of drug-likeness (QED) is 0.184. The maximum Gasteiger partial charge on any atom is 0 e. The van der Waals surface area contributed by atoms with Gasteiger partial charge in [-0.1, -0.05) is 91.0 Å². The molecule has 26 heavy (non-hydrogen) atoms. The molecular weight excluding hydrogens is 516 g/mol. The Kier molecular flexibility index (Phi) is 13.6. The Morgan fingerprint density at radius 1 is 0.577 bits per heavy atom. The molecule has 0 atom stereocenters. The maximum atomic E-state index is 5.25. The second-order valence-electron chi connectivity index (χ2n) is 5.84. The predicted octanol–water partition coefficient (Wildman–Crippen LogP) is 5.27. The van der Waals surface area contributed by atoms with Crippen LogP contribution in [-0.2, 0) is 22.4 Å². The molecule has 3 rings (SSSR count). The Hall–Kier alpha value is -1.61. The average molecular weight is 541 g/mol. The molecule has 0 N–H and O–H groups in total. The van der Waals surface area contributed by atoms with E-state index in [9.17, 15) is 0 Å². The van der Waals surface area contributed by atoms with Crippen LogP contribution in [0.4, 0.5) is 0 Å². The number of hydrogen-bond donors (Lipinski definition) is 0. The van der Waals surface area contributed by atoms with Crippen LogP contribution in [0.2, 0.25) is 0 Å². The largest absolute Gasteiger partial charge is 0.697 e. The van der Waals surface area contributed by atoms with Gasteiger partial charge in [0.15, 0.2) is 0 Å². The molecule has 2 heteroatoms. The Balaban J connectivity index is 0.000000795. The zero-order valence-corrected chi connectivity index (χ0v) is 18.5. The summed E-state index contributed by atoms with van der Waals surface area (Å²) >= 11 is 0. The van der Waals surface area contributed by atoms with Crippen molar-refractivity contribution in [1.29, 1.82) is 0 Å². The SMILES string of the molecule is C[C-](C)C.[Au].[C-]#C.c1ccc(P(c2ccccc2)c2ccccc2)cc1. The third kappa shape index (κ3) is 8.66. The number of terminal acetylenes is 1. The number of hydrogen-bond acceptors (Lipinski definition) is 0. The molecule has 0 nitrogen and oxygen atoms in total. The van der Waals surface area contributed by atoms with E-state index in [4.69, 9.17) is 6.42 Å². The second kappa shape index (κ2) is 14.5. The van der Waals surface area contributed by atoms with Gasteiger partial charge in [-0.05, 0) is 23.8 Å². The minimum atomic E-state index is -0.446. The molecule has 3 aromatic rings. The maximum absolute atomic E-state index is 5.25. The van der Waals surface area contributed by atoms with E-state index in [-0.39, 0.29) is 22.4 Å². The molecule has 3 aromatic carbocycles. The summed E-state index contributed by atoms with van der Waals surface area (Å²) in [5.41, 5.74) is 0. The summed E-state index contributed by atoms with van der Waals surface area (Å²) in [5, 5.41) is 4.19. The fourth-order valence-corrected chi connectivity index (χ4v) is 4.48. The van der Waals surface area contributed by atoms with Gasteiger partial charge in [-0.25, -0.2) is 0 Å². The fourth-order valence-electron chi connectivity index (χ4n) is 2.18. The summed E-state index contributed by atoms with van der Waals surface area (Å²) in [6, 6.07) is 32.3. The van der Waals surface area contributed by atoms with Crippen molar-refractivity contribution in [3.05, 3.63) is 103 Å². The Labute approximate surface area is 176 Å². The molecular formula is C24H25AuP-2. The molecule has 0 fully saturated rings. The molecule has 139 valence electrons. The van der Waals surface area contributed by atoms with Crippen LogP contribution in [-0.4, -0.2) is 0 Å². The second-order valence-corrected chi connectivity index (χ2v) is 8.06. The topological polar surface area (TPSA) is 0 Å². The summed E-state index contributed by atoms with van der Waals surface area (Å²) in [4.78, 5) is 0. The van der Waals surface area contributed by atoms with E-state index in [0.717, 1.165) is 0 Å². The molecule has 0 aliphatic rings. The molecule has 0 aliphatic heterocycles. The molecule has 0 amide bonds. The van der Waals surface area contributed by atoms with Crippen LogP contribution in [0.3, 0.4) is 0 Å². The molecule has 0 heterocycles.